The van der Waals surface area contributed by atoms with Crippen molar-refractivity contribution in [3.8, 4) is 0 Å². The summed E-state index contributed by atoms with van der Waals surface area (Å²) in [6.07, 6.45) is 2.72. The summed E-state index contributed by atoms with van der Waals surface area (Å²) in [7, 11) is 0. The van der Waals surface area contributed by atoms with Gasteiger partial charge in [0.1, 0.15) is 0 Å². The van der Waals surface area contributed by atoms with E-state index < -0.39 is 11.3 Å². The van der Waals surface area contributed by atoms with Gasteiger partial charge in [-0.05, 0) is 32.1 Å². The molecule has 2 nitrogen and oxygen atoms in total. The van der Waals surface area contributed by atoms with Crippen molar-refractivity contribution in [3.63, 3.8) is 0 Å². The van der Waals surface area contributed by atoms with Gasteiger partial charge in [-0.3, -0.25) is 0 Å². The van der Waals surface area contributed by atoms with Gasteiger partial charge in [-0.15, -0.1) is 6.58 Å². The Morgan fingerprint density at radius 3 is 2.46 bits per heavy atom. The molecule has 0 heterocycles. The molecule has 0 saturated heterocycles. The highest BCUT2D eigenvalue weighted by atomic mass is 32.9. The average molecular weight is 240 g/mol. The molecule has 78 valence electrons. The Morgan fingerprint density at radius 1 is 1.77 bits per heavy atom. The molecule has 0 fully saturated rings. The lowest BCUT2D eigenvalue weighted by atomic mass is 9.89. The van der Waals surface area contributed by atoms with Crippen molar-refractivity contribution in [2.45, 2.75) is 32.8 Å². The highest BCUT2D eigenvalue weighted by Crippen LogP contribution is 2.52. The maximum atomic E-state index is 9.33. The highest BCUT2D eigenvalue weighted by Gasteiger charge is 2.31. The lowest BCUT2D eigenvalue weighted by Gasteiger charge is -2.33. The first-order chi connectivity index (χ1) is 5.73. The van der Waals surface area contributed by atoms with Gasteiger partial charge < -0.3 is 9.42 Å². The minimum Gasteiger partial charge on any atom is -0.338 e. The molecule has 0 saturated carbocycles. The van der Waals surface area contributed by atoms with E-state index in [0.717, 1.165) is 6.42 Å². The Labute approximate surface area is 90.7 Å². The third kappa shape index (κ3) is 5.18. The average Bonchev–Trinajstić information content (AvgIpc) is 1.83. The van der Waals surface area contributed by atoms with Crippen LogP contribution in [0.25, 0.3) is 0 Å². The Hall–Kier alpha value is 0.660. The second kappa shape index (κ2) is 4.94. The fourth-order valence-electron chi connectivity index (χ4n) is 1.32. The van der Waals surface area contributed by atoms with Gasteiger partial charge in [0.25, 0.3) is 0 Å². The van der Waals surface area contributed by atoms with E-state index in [1.165, 1.54) is 0 Å². The Bertz CT molecular complexity index is 222. The molecule has 1 N–H and O–H groups in total. The van der Waals surface area contributed by atoms with Gasteiger partial charge in [0.15, 0.2) is 0 Å². The first-order valence-electron chi connectivity index (χ1n) is 4.11. The van der Waals surface area contributed by atoms with Crippen LogP contribution in [0.5, 0.6) is 0 Å². The van der Waals surface area contributed by atoms with Crippen LogP contribution in [-0.2, 0) is 16.3 Å². The summed E-state index contributed by atoms with van der Waals surface area (Å²) in [6, 6.07) is 0. The lowest BCUT2D eigenvalue weighted by Crippen LogP contribution is -2.31. The Balaban J connectivity index is 4.54. The molecule has 2 atom stereocenters. The summed E-state index contributed by atoms with van der Waals surface area (Å²) < 4.78 is 5.34. The molecule has 0 spiro atoms. The molecule has 0 aromatic rings. The van der Waals surface area contributed by atoms with Crippen molar-refractivity contribution in [1.29, 1.82) is 0 Å². The van der Waals surface area contributed by atoms with Crippen molar-refractivity contribution in [3.05, 3.63) is 12.7 Å². The smallest absolute Gasteiger partial charge is 0.242 e. The van der Waals surface area contributed by atoms with E-state index in [4.69, 9.17) is 16.3 Å². The van der Waals surface area contributed by atoms with Gasteiger partial charge in [0, 0.05) is 5.92 Å². The summed E-state index contributed by atoms with van der Waals surface area (Å²) in [5.41, 5.74) is -3.38. The van der Waals surface area contributed by atoms with Crippen LogP contribution in [0.3, 0.4) is 0 Å². The molecular weight excluding hydrogens is 223 g/mol. The molecule has 0 aromatic carbocycles. The Morgan fingerprint density at radius 2 is 2.23 bits per heavy atom. The molecule has 1 unspecified atom stereocenters. The normalized spacial score (nSPS) is 19.2. The molecule has 0 aliphatic carbocycles. The van der Waals surface area contributed by atoms with Crippen molar-refractivity contribution in [1.82, 2.24) is 0 Å². The van der Waals surface area contributed by atoms with E-state index >= 15 is 0 Å². The minimum atomic E-state index is -2.89. The third-order valence-corrected chi connectivity index (χ3v) is 3.15. The second-order valence-electron chi connectivity index (χ2n) is 3.44. The van der Waals surface area contributed by atoms with Gasteiger partial charge in [0.05, 0.1) is 5.60 Å². The van der Waals surface area contributed by atoms with Crippen molar-refractivity contribution < 1.29 is 9.42 Å². The first-order valence-corrected chi connectivity index (χ1v) is 7.94. The first kappa shape index (κ1) is 13.7. The fraction of sp³-hybridized carbons (Fsp3) is 0.750. The summed E-state index contributed by atoms with van der Waals surface area (Å²) in [4.78, 5) is 9.33. The van der Waals surface area contributed by atoms with Crippen molar-refractivity contribution in [2.24, 2.45) is 5.92 Å². The summed E-state index contributed by atoms with van der Waals surface area (Å²) in [5.74, 6) is 0.175. The maximum absolute atomic E-state index is 9.33. The van der Waals surface area contributed by atoms with E-state index in [1.54, 1.807) is 0 Å². The van der Waals surface area contributed by atoms with Crippen LogP contribution in [0.1, 0.15) is 27.2 Å². The highest BCUT2D eigenvalue weighted by molar-refractivity contribution is 8.59. The van der Waals surface area contributed by atoms with Crippen LogP contribution in [0.4, 0.5) is 0 Å². The number of hydrogen-bond donors (Lipinski definition) is 2. The van der Waals surface area contributed by atoms with E-state index in [2.05, 4.69) is 18.8 Å². The van der Waals surface area contributed by atoms with E-state index in [-0.39, 0.29) is 5.92 Å². The SMILES string of the molecule is C=C[C@H](CC)C(C)(C)OP(O)(=S)S. The monoisotopic (exact) mass is 240 g/mol. The van der Waals surface area contributed by atoms with E-state index in [1.807, 2.05) is 26.8 Å². The predicted molar refractivity (Wildman–Crippen MR) is 64.6 cm³/mol. The second-order valence-corrected chi connectivity index (χ2v) is 8.52. The summed E-state index contributed by atoms with van der Waals surface area (Å²) in [6.45, 7) is 9.53. The molecule has 0 bridgehead atoms. The zero-order chi connectivity index (χ0) is 10.7. The molecule has 0 amide bonds. The fourth-order valence-corrected chi connectivity index (χ4v) is 3.27. The third-order valence-electron chi connectivity index (χ3n) is 1.97. The standard InChI is InChI=1S/C8H17O2PS2/c1-5-7(6-2)8(3,4)10-11(9,12)13/h5,7H,1,6H2,2-4H3,(H2,9,12,13)/t7-/m1/s1. The zero-order valence-electron chi connectivity index (χ0n) is 8.23. The van der Waals surface area contributed by atoms with Crippen LogP contribution < -0.4 is 0 Å². The Kier molecular flexibility index (Phi) is 5.19. The van der Waals surface area contributed by atoms with Crippen LogP contribution in [0.2, 0.25) is 0 Å². The minimum absolute atomic E-state index is 0.175. The van der Waals surface area contributed by atoms with Gasteiger partial charge in [-0.2, -0.15) is 0 Å². The van der Waals surface area contributed by atoms with Crippen molar-refractivity contribution in [2.75, 3.05) is 0 Å². The van der Waals surface area contributed by atoms with Crippen molar-refractivity contribution >= 4 is 29.7 Å². The summed E-state index contributed by atoms with van der Waals surface area (Å²) in [5, 5.41) is 0. The zero-order valence-corrected chi connectivity index (χ0v) is 10.8. The molecule has 0 radical (unpaired) electrons. The molecule has 0 aliphatic rings. The van der Waals surface area contributed by atoms with E-state index in [9.17, 15) is 4.89 Å². The number of thiol groups is 1. The van der Waals surface area contributed by atoms with Gasteiger partial charge in [0.2, 0.25) is 5.69 Å². The van der Waals surface area contributed by atoms with Crippen LogP contribution in [0.15, 0.2) is 12.7 Å². The van der Waals surface area contributed by atoms with Gasteiger partial charge >= 0.3 is 0 Å². The molecule has 0 rings (SSSR count). The molecule has 13 heavy (non-hydrogen) atoms. The number of hydrogen-bond acceptors (Lipinski definition) is 2. The van der Waals surface area contributed by atoms with Crippen LogP contribution in [0, 0.1) is 5.92 Å². The van der Waals surface area contributed by atoms with Crippen LogP contribution in [-0.4, -0.2) is 10.5 Å². The molecule has 0 aliphatic heterocycles. The molecular formula is C8H17O2PS2. The largest absolute Gasteiger partial charge is 0.338 e. The number of rotatable bonds is 5. The molecule has 0 aromatic heterocycles. The quantitative estimate of drug-likeness (QED) is 0.439. The van der Waals surface area contributed by atoms with Gasteiger partial charge in [-0.1, -0.05) is 25.2 Å². The molecule has 5 heteroatoms. The summed E-state index contributed by atoms with van der Waals surface area (Å²) >= 11 is 8.57. The topological polar surface area (TPSA) is 29.5 Å². The predicted octanol–water partition coefficient (Wildman–Crippen LogP) is 3.14. The van der Waals surface area contributed by atoms with E-state index in [0.29, 0.717) is 0 Å². The maximum Gasteiger partial charge on any atom is 0.242 e. The van der Waals surface area contributed by atoms with Gasteiger partial charge in [-0.25, -0.2) is 0 Å². The lowest BCUT2D eigenvalue weighted by molar-refractivity contribution is 0.0690. The van der Waals surface area contributed by atoms with Crippen LogP contribution >= 0.6 is 17.9 Å².